The Hall–Kier alpha value is -0.520. The van der Waals surface area contributed by atoms with Crippen LogP contribution in [-0.4, -0.2) is 49.4 Å². The van der Waals surface area contributed by atoms with Crippen LogP contribution in [0.5, 0.6) is 0 Å². The van der Waals surface area contributed by atoms with Crippen molar-refractivity contribution in [1.29, 1.82) is 0 Å². The van der Waals surface area contributed by atoms with E-state index in [4.69, 9.17) is 0 Å². The van der Waals surface area contributed by atoms with Crippen molar-refractivity contribution in [1.82, 2.24) is 4.90 Å². The molecule has 0 unspecified atom stereocenters. The van der Waals surface area contributed by atoms with E-state index in [1.165, 1.54) is 11.8 Å². The van der Waals surface area contributed by atoms with Crippen LogP contribution < -0.4 is 0 Å². The second kappa shape index (κ2) is 6.96. The summed E-state index contributed by atoms with van der Waals surface area (Å²) in [7, 11) is -2.85. The minimum atomic E-state index is -2.85. The molecule has 0 amide bonds. The molecule has 20 heavy (non-hydrogen) atoms. The van der Waals surface area contributed by atoms with Gasteiger partial charge in [-0.05, 0) is 18.5 Å². The summed E-state index contributed by atoms with van der Waals surface area (Å²) < 4.78 is 22.5. The van der Waals surface area contributed by atoms with Gasteiger partial charge in [0.1, 0.15) is 9.84 Å². The molecular formula is C15H23NO2S2. The van der Waals surface area contributed by atoms with Crippen LogP contribution in [0, 0.1) is 0 Å². The van der Waals surface area contributed by atoms with Crippen molar-refractivity contribution in [2.24, 2.45) is 0 Å². The minimum absolute atomic E-state index is 0.284. The molecule has 0 N–H and O–H groups in total. The fourth-order valence-electron chi connectivity index (χ4n) is 2.80. The first kappa shape index (κ1) is 15.9. The van der Waals surface area contributed by atoms with Crippen LogP contribution in [0.4, 0.5) is 0 Å². The van der Waals surface area contributed by atoms with Crippen LogP contribution >= 0.6 is 11.8 Å². The van der Waals surface area contributed by atoms with Gasteiger partial charge in [-0.3, -0.25) is 4.90 Å². The van der Waals surface area contributed by atoms with Crippen LogP contribution in [0.2, 0.25) is 0 Å². The third-order valence-electron chi connectivity index (χ3n) is 3.70. The lowest BCUT2D eigenvalue weighted by molar-refractivity contribution is 0.201. The number of rotatable bonds is 5. The lowest BCUT2D eigenvalue weighted by Crippen LogP contribution is -2.41. The van der Waals surface area contributed by atoms with E-state index in [1.807, 2.05) is 17.8 Å². The van der Waals surface area contributed by atoms with Gasteiger partial charge < -0.3 is 0 Å². The Balaban J connectivity index is 2.05. The molecule has 0 aliphatic carbocycles. The molecule has 1 fully saturated rings. The number of sulfone groups is 1. The Morgan fingerprint density at radius 2 is 2.00 bits per heavy atom. The van der Waals surface area contributed by atoms with Crippen LogP contribution in [0.1, 0.15) is 24.9 Å². The third-order valence-corrected chi connectivity index (χ3v) is 5.93. The largest absolute Gasteiger partial charge is 0.294 e. The van der Waals surface area contributed by atoms with E-state index in [0.717, 1.165) is 25.3 Å². The van der Waals surface area contributed by atoms with E-state index < -0.39 is 9.84 Å². The van der Waals surface area contributed by atoms with Gasteiger partial charge in [-0.25, -0.2) is 8.42 Å². The van der Waals surface area contributed by atoms with E-state index in [1.54, 1.807) is 0 Å². The van der Waals surface area contributed by atoms with Gasteiger partial charge in [-0.2, -0.15) is 11.8 Å². The summed E-state index contributed by atoms with van der Waals surface area (Å²) in [6, 6.07) is 11.0. The SMILES string of the molecule is C[C@H]1SCCN(CCCS(C)(=O)=O)[C@H]1c1ccccc1. The zero-order valence-electron chi connectivity index (χ0n) is 12.2. The highest BCUT2D eigenvalue weighted by molar-refractivity contribution is 8.00. The quantitative estimate of drug-likeness (QED) is 0.837. The highest BCUT2D eigenvalue weighted by atomic mass is 32.2. The molecule has 5 heteroatoms. The molecular weight excluding hydrogens is 290 g/mol. The molecule has 1 aromatic carbocycles. The van der Waals surface area contributed by atoms with E-state index in [-0.39, 0.29) is 5.75 Å². The third kappa shape index (κ3) is 4.50. The standard InChI is InChI=1S/C15H23NO2S2/c1-13-15(14-7-4-3-5-8-14)16(10-11-19-13)9-6-12-20(2,17)18/h3-5,7-8,13,15H,6,9-12H2,1-2H3/t13-,15-/m1/s1. The molecule has 1 aliphatic heterocycles. The van der Waals surface area contributed by atoms with Crippen molar-refractivity contribution < 1.29 is 8.42 Å². The highest BCUT2D eigenvalue weighted by Crippen LogP contribution is 2.35. The van der Waals surface area contributed by atoms with Gasteiger partial charge in [-0.15, -0.1) is 0 Å². The Morgan fingerprint density at radius 1 is 1.30 bits per heavy atom. The van der Waals surface area contributed by atoms with E-state index in [2.05, 4.69) is 36.1 Å². The molecule has 0 radical (unpaired) electrons. The van der Waals surface area contributed by atoms with Gasteiger partial charge >= 0.3 is 0 Å². The lowest BCUT2D eigenvalue weighted by Gasteiger charge is -2.40. The minimum Gasteiger partial charge on any atom is -0.294 e. The van der Waals surface area contributed by atoms with Crippen LogP contribution in [0.25, 0.3) is 0 Å². The van der Waals surface area contributed by atoms with Gasteiger partial charge in [0.2, 0.25) is 0 Å². The number of benzene rings is 1. The van der Waals surface area contributed by atoms with Gasteiger partial charge in [-0.1, -0.05) is 37.3 Å². The maximum atomic E-state index is 11.3. The zero-order chi connectivity index (χ0) is 14.6. The predicted octanol–water partition coefficient (Wildman–Crippen LogP) is 2.60. The zero-order valence-corrected chi connectivity index (χ0v) is 13.8. The van der Waals surface area contributed by atoms with Crippen molar-refractivity contribution in [3.8, 4) is 0 Å². The smallest absolute Gasteiger partial charge is 0.147 e. The van der Waals surface area contributed by atoms with Crippen molar-refractivity contribution in [3.63, 3.8) is 0 Å². The van der Waals surface area contributed by atoms with E-state index >= 15 is 0 Å². The average molecular weight is 313 g/mol. The van der Waals surface area contributed by atoms with Gasteiger partial charge in [0.15, 0.2) is 0 Å². The number of nitrogens with zero attached hydrogens (tertiary/aromatic N) is 1. The van der Waals surface area contributed by atoms with Crippen molar-refractivity contribution in [2.45, 2.75) is 24.6 Å². The lowest BCUT2D eigenvalue weighted by atomic mass is 10.0. The second-order valence-electron chi connectivity index (χ2n) is 5.45. The highest BCUT2D eigenvalue weighted by Gasteiger charge is 2.29. The summed E-state index contributed by atoms with van der Waals surface area (Å²) in [5.74, 6) is 1.41. The summed E-state index contributed by atoms with van der Waals surface area (Å²) >= 11 is 2.00. The molecule has 0 spiro atoms. The number of thioether (sulfide) groups is 1. The number of hydrogen-bond donors (Lipinski definition) is 0. The molecule has 3 nitrogen and oxygen atoms in total. The summed E-state index contributed by atoms with van der Waals surface area (Å²) in [4.78, 5) is 2.45. The Kier molecular flexibility index (Phi) is 5.52. The Morgan fingerprint density at radius 3 is 2.65 bits per heavy atom. The molecule has 1 aliphatic rings. The molecule has 0 bridgehead atoms. The molecule has 1 aromatic rings. The Bertz CT molecular complexity index is 516. The summed E-state index contributed by atoms with van der Waals surface area (Å²) in [5.41, 5.74) is 1.34. The monoisotopic (exact) mass is 313 g/mol. The molecule has 112 valence electrons. The number of hydrogen-bond acceptors (Lipinski definition) is 4. The van der Waals surface area contributed by atoms with Gasteiger partial charge in [0.05, 0.1) is 5.75 Å². The predicted molar refractivity (Wildman–Crippen MR) is 87.0 cm³/mol. The summed E-state index contributed by atoms with van der Waals surface area (Å²) in [6.07, 6.45) is 2.04. The first-order valence-electron chi connectivity index (χ1n) is 7.06. The average Bonchev–Trinajstić information content (AvgIpc) is 2.38. The van der Waals surface area contributed by atoms with Gasteiger partial charge in [0.25, 0.3) is 0 Å². The van der Waals surface area contributed by atoms with E-state index in [9.17, 15) is 8.42 Å². The fourth-order valence-corrected chi connectivity index (χ4v) is 4.67. The maximum absolute atomic E-state index is 11.3. The molecule has 1 heterocycles. The molecule has 2 atom stereocenters. The summed E-state index contributed by atoms with van der Waals surface area (Å²) in [6.45, 7) is 4.17. The second-order valence-corrected chi connectivity index (χ2v) is 9.20. The topological polar surface area (TPSA) is 37.4 Å². The molecule has 1 saturated heterocycles. The molecule has 0 saturated carbocycles. The van der Waals surface area contributed by atoms with E-state index in [0.29, 0.717) is 11.3 Å². The fraction of sp³-hybridized carbons (Fsp3) is 0.600. The van der Waals surface area contributed by atoms with Crippen LogP contribution in [0.3, 0.4) is 0 Å². The van der Waals surface area contributed by atoms with Gasteiger partial charge in [0, 0.05) is 29.8 Å². The first-order chi connectivity index (χ1) is 9.47. The maximum Gasteiger partial charge on any atom is 0.147 e. The van der Waals surface area contributed by atoms with Crippen molar-refractivity contribution in [2.75, 3.05) is 30.9 Å². The molecule has 0 aromatic heterocycles. The molecule has 2 rings (SSSR count). The normalized spacial score (nSPS) is 24.7. The van der Waals surface area contributed by atoms with Crippen LogP contribution in [0.15, 0.2) is 30.3 Å². The first-order valence-corrected chi connectivity index (χ1v) is 10.2. The van der Waals surface area contributed by atoms with Crippen molar-refractivity contribution in [3.05, 3.63) is 35.9 Å². The van der Waals surface area contributed by atoms with Crippen LogP contribution in [-0.2, 0) is 9.84 Å². The van der Waals surface area contributed by atoms with Crippen molar-refractivity contribution >= 4 is 21.6 Å². The summed E-state index contributed by atoms with van der Waals surface area (Å²) in [5, 5.41) is 0.546. The Labute approximate surface area is 126 Å².